The molecule has 1 aromatic heterocycles. The van der Waals surface area contributed by atoms with Crippen molar-refractivity contribution < 1.29 is 4.39 Å². The number of fused-ring (bicyclic) bond motifs is 1. The Bertz CT molecular complexity index is 462. The molecule has 1 heterocycles. The molecule has 0 radical (unpaired) electrons. The van der Waals surface area contributed by atoms with Crippen molar-refractivity contribution in [3.8, 4) is 0 Å². The monoisotopic (exact) mass is 206 g/mol. The number of benzene rings is 1. The molecule has 0 aliphatic carbocycles. The fraction of sp³-hybridized carbons (Fsp3) is 0.333. The van der Waals surface area contributed by atoms with Gasteiger partial charge in [0.25, 0.3) is 0 Å². The van der Waals surface area contributed by atoms with Crippen molar-refractivity contribution in [2.45, 2.75) is 19.4 Å². The van der Waals surface area contributed by atoms with E-state index < -0.39 is 0 Å². The lowest BCUT2D eigenvalue weighted by atomic mass is 10.1. The van der Waals surface area contributed by atoms with Crippen LogP contribution in [0.4, 0.5) is 4.39 Å². The van der Waals surface area contributed by atoms with Crippen LogP contribution in [0.25, 0.3) is 10.9 Å². The van der Waals surface area contributed by atoms with Gasteiger partial charge in [-0.25, -0.2) is 4.39 Å². The molecule has 0 bridgehead atoms. The van der Waals surface area contributed by atoms with Crippen LogP contribution in [0.15, 0.2) is 24.4 Å². The topological polar surface area (TPSA) is 27.8 Å². The normalized spacial score (nSPS) is 13.3. The van der Waals surface area contributed by atoms with E-state index >= 15 is 0 Å². The van der Waals surface area contributed by atoms with E-state index in [1.807, 2.05) is 19.3 Å². The van der Waals surface area contributed by atoms with Crippen LogP contribution in [-0.2, 0) is 6.42 Å². The molecule has 3 heteroatoms. The summed E-state index contributed by atoms with van der Waals surface area (Å²) >= 11 is 0. The summed E-state index contributed by atoms with van der Waals surface area (Å²) in [6.45, 7) is 2.08. The average molecular weight is 206 g/mol. The summed E-state index contributed by atoms with van der Waals surface area (Å²) < 4.78 is 13.6. The zero-order valence-electron chi connectivity index (χ0n) is 8.97. The molecule has 0 aliphatic heterocycles. The van der Waals surface area contributed by atoms with E-state index in [1.165, 1.54) is 6.07 Å². The standard InChI is InChI=1S/C12H15FN2/c1-8(14-2)6-9-7-15-11-5-3-4-10(13)12(9)11/h3-5,7-8,14-15H,6H2,1-2H3. The van der Waals surface area contributed by atoms with Gasteiger partial charge in [-0.05, 0) is 38.1 Å². The molecule has 2 aromatic rings. The Morgan fingerprint density at radius 2 is 2.27 bits per heavy atom. The summed E-state index contributed by atoms with van der Waals surface area (Å²) in [5.74, 6) is -0.146. The van der Waals surface area contributed by atoms with Gasteiger partial charge in [0.05, 0.1) is 0 Å². The second kappa shape index (κ2) is 4.03. The van der Waals surface area contributed by atoms with Crippen molar-refractivity contribution in [3.63, 3.8) is 0 Å². The molecule has 1 aromatic carbocycles. The Morgan fingerprint density at radius 3 is 3.00 bits per heavy atom. The first kappa shape index (κ1) is 10.2. The van der Waals surface area contributed by atoms with E-state index in [0.29, 0.717) is 6.04 Å². The second-order valence-corrected chi connectivity index (χ2v) is 3.87. The molecule has 0 amide bonds. The van der Waals surface area contributed by atoms with E-state index in [1.54, 1.807) is 6.07 Å². The first-order valence-electron chi connectivity index (χ1n) is 5.14. The molecule has 15 heavy (non-hydrogen) atoms. The lowest BCUT2D eigenvalue weighted by molar-refractivity contribution is 0.606. The summed E-state index contributed by atoms with van der Waals surface area (Å²) in [4.78, 5) is 3.09. The van der Waals surface area contributed by atoms with Crippen LogP contribution in [0.5, 0.6) is 0 Å². The minimum absolute atomic E-state index is 0.146. The third-order valence-corrected chi connectivity index (χ3v) is 2.76. The van der Waals surface area contributed by atoms with E-state index in [2.05, 4.69) is 17.2 Å². The van der Waals surface area contributed by atoms with Crippen molar-refractivity contribution in [2.24, 2.45) is 0 Å². The summed E-state index contributed by atoms with van der Waals surface area (Å²) in [6, 6.07) is 5.47. The predicted molar refractivity (Wildman–Crippen MR) is 60.5 cm³/mol. The fourth-order valence-electron chi connectivity index (χ4n) is 1.80. The number of hydrogen-bond donors (Lipinski definition) is 2. The Morgan fingerprint density at radius 1 is 1.47 bits per heavy atom. The Labute approximate surface area is 88.5 Å². The summed E-state index contributed by atoms with van der Waals surface area (Å²) in [5.41, 5.74) is 1.90. The maximum absolute atomic E-state index is 13.6. The van der Waals surface area contributed by atoms with E-state index in [0.717, 1.165) is 22.9 Å². The van der Waals surface area contributed by atoms with E-state index in [-0.39, 0.29) is 5.82 Å². The molecule has 2 nitrogen and oxygen atoms in total. The van der Waals surface area contributed by atoms with Gasteiger partial charge in [0, 0.05) is 23.1 Å². The number of aromatic amines is 1. The molecule has 1 unspecified atom stereocenters. The highest BCUT2D eigenvalue weighted by molar-refractivity contribution is 5.83. The highest BCUT2D eigenvalue weighted by Gasteiger charge is 2.10. The average Bonchev–Trinajstić information content (AvgIpc) is 2.63. The predicted octanol–water partition coefficient (Wildman–Crippen LogP) is 2.46. The van der Waals surface area contributed by atoms with E-state index in [4.69, 9.17) is 0 Å². The van der Waals surface area contributed by atoms with Crippen molar-refractivity contribution in [1.82, 2.24) is 10.3 Å². The van der Waals surface area contributed by atoms with Crippen LogP contribution in [0.3, 0.4) is 0 Å². The molecular weight excluding hydrogens is 191 g/mol. The highest BCUT2D eigenvalue weighted by Crippen LogP contribution is 2.22. The van der Waals surface area contributed by atoms with Crippen molar-refractivity contribution in [1.29, 1.82) is 0 Å². The van der Waals surface area contributed by atoms with Gasteiger partial charge in [-0.15, -0.1) is 0 Å². The van der Waals surface area contributed by atoms with Crippen LogP contribution in [0.2, 0.25) is 0 Å². The Kier molecular flexibility index (Phi) is 2.73. The number of halogens is 1. The number of likely N-dealkylation sites (N-methyl/N-ethyl adjacent to an activating group) is 1. The minimum atomic E-state index is -0.146. The van der Waals surface area contributed by atoms with Gasteiger partial charge in [0.15, 0.2) is 0 Å². The molecule has 1 atom stereocenters. The van der Waals surface area contributed by atoms with Gasteiger partial charge in [-0.1, -0.05) is 6.07 Å². The summed E-state index contributed by atoms with van der Waals surface area (Å²) in [5, 5.41) is 3.87. The van der Waals surface area contributed by atoms with Gasteiger partial charge in [0.1, 0.15) is 5.82 Å². The van der Waals surface area contributed by atoms with Crippen molar-refractivity contribution in [2.75, 3.05) is 7.05 Å². The van der Waals surface area contributed by atoms with Gasteiger partial charge in [-0.3, -0.25) is 0 Å². The maximum atomic E-state index is 13.6. The largest absolute Gasteiger partial charge is 0.361 e. The van der Waals surface area contributed by atoms with Crippen molar-refractivity contribution in [3.05, 3.63) is 35.8 Å². The molecule has 0 saturated heterocycles. The number of H-pyrrole nitrogens is 1. The molecule has 80 valence electrons. The molecule has 2 N–H and O–H groups in total. The van der Waals surface area contributed by atoms with E-state index in [9.17, 15) is 4.39 Å². The molecular formula is C12H15FN2. The van der Waals surface area contributed by atoms with Crippen molar-refractivity contribution >= 4 is 10.9 Å². The second-order valence-electron chi connectivity index (χ2n) is 3.87. The summed E-state index contributed by atoms with van der Waals surface area (Å²) in [7, 11) is 1.91. The van der Waals surface area contributed by atoms with Crippen LogP contribution in [-0.4, -0.2) is 18.1 Å². The fourth-order valence-corrected chi connectivity index (χ4v) is 1.80. The lowest BCUT2D eigenvalue weighted by Crippen LogP contribution is -2.23. The summed E-state index contributed by atoms with van der Waals surface area (Å²) in [6.07, 6.45) is 2.72. The maximum Gasteiger partial charge on any atom is 0.132 e. The first-order valence-corrected chi connectivity index (χ1v) is 5.14. The third kappa shape index (κ3) is 1.88. The van der Waals surface area contributed by atoms with Gasteiger partial charge in [0.2, 0.25) is 0 Å². The quantitative estimate of drug-likeness (QED) is 0.793. The zero-order valence-corrected chi connectivity index (χ0v) is 8.97. The Hall–Kier alpha value is -1.35. The van der Waals surface area contributed by atoms with Crippen LogP contribution >= 0.6 is 0 Å². The first-order chi connectivity index (χ1) is 7.22. The SMILES string of the molecule is CNC(C)Cc1c[nH]c2cccc(F)c12. The number of hydrogen-bond acceptors (Lipinski definition) is 1. The molecule has 0 aliphatic rings. The molecule has 0 fully saturated rings. The number of rotatable bonds is 3. The molecule has 0 saturated carbocycles. The van der Waals surface area contributed by atoms with Gasteiger partial charge in [-0.2, -0.15) is 0 Å². The molecule has 0 spiro atoms. The minimum Gasteiger partial charge on any atom is -0.361 e. The number of aromatic nitrogens is 1. The van der Waals surface area contributed by atoms with Gasteiger partial charge < -0.3 is 10.3 Å². The van der Waals surface area contributed by atoms with Gasteiger partial charge >= 0.3 is 0 Å². The van der Waals surface area contributed by atoms with Crippen LogP contribution < -0.4 is 5.32 Å². The number of nitrogens with one attached hydrogen (secondary N) is 2. The molecule has 2 rings (SSSR count). The Balaban J connectivity index is 2.43. The zero-order chi connectivity index (χ0) is 10.8. The highest BCUT2D eigenvalue weighted by atomic mass is 19.1. The third-order valence-electron chi connectivity index (χ3n) is 2.76. The van der Waals surface area contributed by atoms with Crippen LogP contribution in [0, 0.1) is 5.82 Å². The lowest BCUT2D eigenvalue weighted by Gasteiger charge is -2.08. The smallest absolute Gasteiger partial charge is 0.132 e. The van der Waals surface area contributed by atoms with Crippen LogP contribution in [0.1, 0.15) is 12.5 Å².